The van der Waals surface area contributed by atoms with Crippen molar-refractivity contribution in [2.45, 2.75) is 24.8 Å². The molecule has 2 nitrogen and oxygen atoms in total. The molecule has 0 bridgehead atoms. The first-order valence-electron chi connectivity index (χ1n) is 6.23. The van der Waals surface area contributed by atoms with Gasteiger partial charge in [0.05, 0.1) is 16.8 Å². The summed E-state index contributed by atoms with van der Waals surface area (Å²) in [6, 6.07) is 5.28. The summed E-state index contributed by atoms with van der Waals surface area (Å²) in [5.41, 5.74) is -0.0974. The molecular weight excluding hydrogens is 285 g/mol. The van der Waals surface area contributed by atoms with Crippen molar-refractivity contribution in [3.8, 4) is 6.07 Å². The molecular formula is C14H15F3N2S. The molecule has 0 radical (unpaired) electrons. The Morgan fingerprint density at radius 2 is 2.05 bits per heavy atom. The first kappa shape index (κ1) is 15.0. The minimum Gasteiger partial charge on any atom is -0.368 e. The molecule has 108 valence electrons. The number of anilines is 1. The Labute approximate surface area is 120 Å². The summed E-state index contributed by atoms with van der Waals surface area (Å²) >= 11 is 1.84. The lowest BCUT2D eigenvalue weighted by molar-refractivity contribution is -0.137. The van der Waals surface area contributed by atoms with Crippen LogP contribution in [0.15, 0.2) is 18.2 Å². The summed E-state index contributed by atoms with van der Waals surface area (Å²) in [5, 5.41) is 9.12. The van der Waals surface area contributed by atoms with Crippen molar-refractivity contribution in [3.63, 3.8) is 0 Å². The molecule has 0 atom stereocenters. The van der Waals surface area contributed by atoms with Gasteiger partial charge in [-0.05, 0) is 32.0 Å². The summed E-state index contributed by atoms with van der Waals surface area (Å²) < 4.78 is 38.1. The van der Waals surface area contributed by atoms with Crippen LogP contribution in [0.2, 0.25) is 0 Å². The Kier molecular flexibility index (Phi) is 3.92. The molecule has 1 saturated heterocycles. The number of halogens is 3. The lowest BCUT2D eigenvalue weighted by atomic mass is 10.1. The van der Waals surface area contributed by atoms with Gasteiger partial charge in [0, 0.05) is 23.6 Å². The van der Waals surface area contributed by atoms with Gasteiger partial charge in [0.15, 0.2) is 0 Å². The van der Waals surface area contributed by atoms with E-state index < -0.39 is 11.7 Å². The van der Waals surface area contributed by atoms with Crippen molar-refractivity contribution in [2.24, 2.45) is 0 Å². The van der Waals surface area contributed by atoms with Crippen molar-refractivity contribution >= 4 is 17.4 Å². The predicted molar refractivity (Wildman–Crippen MR) is 74.9 cm³/mol. The summed E-state index contributed by atoms with van der Waals surface area (Å²) in [5.74, 6) is 0.902. The molecule has 1 aliphatic rings. The van der Waals surface area contributed by atoms with Crippen LogP contribution < -0.4 is 4.90 Å². The van der Waals surface area contributed by atoms with Crippen LogP contribution in [-0.2, 0) is 6.18 Å². The van der Waals surface area contributed by atoms with Gasteiger partial charge in [-0.1, -0.05) is 0 Å². The van der Waals surface area contributed by atoms with Crippen LogP contribution in [-0.4, -0.2) is 23.6 Å². The lowest BCUT2D eigenvalue weighted by Gasteiger charge is -2.39. The fraction of sp³-hybridized carbons (Fsp3) is 0.500. The second-order valence-corrected chi connectivity index (χ2v) is 7.17. The quantitative estimate of drug-likeness (QED) is 0.787. The molecule has 0 aliphatic carbocycles. The van der Waals surface area contributed by atoms with E-state index in [1.54, 1.807) is 0 Å². The number of hydrogen-bond donors (Lipinski definition) is 0. The van der Waals surface area contributed by atoms with Gasteiger partial charge in [-0.25, -0.2) is 0 Å². The van der Waals surface area contributed by atoms with Gasteiger partial charge >= 0.3 is 6.18 Å². The highest BCUT2D eigenvalue weighted by Gasteiger charge is 2.33. The van der Waals surface area contributed by atoms with E-state index in [4.69, 9.17) is 5.26 Å². The van der Waals surface area contributed by atoms with Gasteiger partial charge in [-0.15, -0.1) is 0 Å². The molecule has 20 heavy (non-hydrogen) atoms. The Balaban J connectivity index is 2.36. The monoisotopic (exact) mass is 300 g/mol. The molecule has 0 N–H and O–H groups in total. The number of rotatable bonds is 1. The van der Waals surface area contributed by atoms with Gasteiger partial charge < -0.3 is 4.90 Å². The third-order valence-electron chi connectivity index (χ3n) is 3.21. The SMILES string of the molecule is CC1(C)CN(c2ccc(C(F)(F)F)cc2C#N)CCS1. The minimum atomic E-state index is -4.42. The largest absolute Gasteiger partial charge is 0.416 e. The summed E-state index contributed by atoms with van der Waals surface area (Å²) in [4.78, 5) is 2.00. The van der Waals surface area contributed by atoms with E-state index in [1.807, 2.05) is 22.7 Å². The van der Waals surface area contributed by atoms with Gasteiger partial charge in [0.25, 0.3) is 0 Å². The Hall–Kier alpha value is -1.35. The standard InChI is InChI=1S/C14H15F3N2S/c1-13(2)9-19(5-6-20-13)12-4-3-11(14(15,16)17)7-10(12)8-18/h3-4,7H,5-6,9H2,1-2H3. The number of nitriles is 1. The van der Waals surface area contributed by atoms with E-state index in [0.717, 1.165) is 31.0 Å². The lowest BCUT2D eigenvalue weighted by Crippen LogP contribution is -2.43. The van der Waals surface area contributed by atoms with Crippen LogP contribution in [0.25, 0.3) is 0 Å². The Bertz CT molecular complexity index is 546. The zero-order valence-corrected chi connectivity index (χ0v) is 12.1. The second kappa shape index (κ2) is 5.21. The molecule has 2 rings (SSSR count). The minimum absolute atomic E-state index is 0.0354. The third kappa shape index (κ3) is 3.21. The first-order chi connectivity index (χ1) is 9.23. The van der Waals surface area contributed by atoms with E-state index in [-0.39, 0.29) is 10.3 Å². The second-order valence-electron chi connectivity index (χ2n) is 5.37. The van der Waals surface area contributed by atoms with Crippen molar-refractivity contribution in [2.75, 3.05) is 23.7 Å². The van der Waals surface area contributed by atoms with E-state index >= 15 is 0 Å². The number of alkyl halides is 3. The maximum Gasteiger partial charge on any atom is 0.416 e. The highest BCUT2D eigenvalue weighted by atomic mass is 32.2. The van der Waals surface area contributed by atoms with E-state index in [2.05, 4.69) is 13.8 Å². The summed E-state index contributed by atoms with van der Waals surface area (Å²) in [6.45, 7) is 5.66. The molecule has 1 aliphatic heterocycles. The molecule has 1 aromatic rings. The number of nitrogens with zero attached hydrogens (tertiary/aromatic N) is 2. The summed E-state index contributed by atoms with van der Waals surface area (Å²) in [7, 11) is 0. The number of benzene rings is 1. The van der Waals surface area contributed by atoms with Crippen LogP contribution >= 0.6 is 11.8 Å². The van der Waals surface area contributed by atoms with E-state index in [9.17, 15) is 13.2 Å². The highest BCUT2D eigenvalue weighted by Crippen LogP contribution is 2.36. The maximum absolute atomic E-state index is 12.7. The fourth-order valence-corrected chi connectivity index (χ4v) is 3.41. The average molecular weight is 300 g/mol. The average Bonchev–Trinajstić information content (AvgIpc) is 2.35. The van der Waals surface area contributed by atoms with Crippen molar-refractivity contribution < 1.29 is 13.2 Å². The predicted octanol–water partition coefficient (Wildman–Crippen LogP) is 3.91. The zero-order valence-electron chi connectivity index (χ0n) is 11.3. The van der Waals surface area contributed by atoms with Crippen LogP contribution in [0.1, 0.15) is 25.0 Å². The fourth-order valence-electron chi connectivity index (χ4n) is 2.30. The van der Waals surface area contributed by atoms with Gasteiger partial charge in [-0.2, -0.15) is 30.2 Å². The van der Waals surface area contributed by atoms with Crippen LogP contribution in [0.5, 0.6) is 0 Å². The van der Waals surface area contributed by atoms with Crippen LogP contribution in [0.4, 0.5) is 18.9 Å². The smallest absolute Gasteiger partial charge is 0.368 e. The first-order valence-corrected chi connectivity index (χ1v) is 7.22. The van der Waals surface area contributed by atoms with E-state index in [1.165, 1.54) is 6.07 Å². The molecule has 6 heteroatoms. The molecule has 0 aromatic heterocycles. The topological polar surface area (TPSA) is 27.0 Å². The molecule has 0 unspecified atom stereocenters. The van der Waals surface area contributed by atoms with Gasteiger partial charge in [0.1, 0.15) is 6.07 Å². The van der Waals surface area contributed by atoms with Crippen LogP contribution in [0.3, 0.4) is 0 Å². The zero-order chi connectivity index (χ0) is 15.0. The van der Waals surface area contributed by atoms with Gasteiger partial charge in [0.2, 0.25) is 0 Å². The van der Waals surface area contributed by atoms with Crippen LogP contribution in [0, 0.1) is 11.3 Å². The Morgan fingerprint density at radius 1 is 1.35 bits per heavy atom. The maximum atomic E-state index is 12.7. The number of thioether (sulfide) groups is 1. The van der Waals surface area contributed by atoms with Gasteiger partial charge in [-0.3, -0.25) is 0 Å². The summed E-state index contributed by atoms with van der Waals surface area (Å²) in [6.07, 6.45) is -4.42. The number of hydrogen-bond acceptors (Lipinski definition) is 3. The van der Waals surface area contributed by atoms with Crippen molar-refractivity contribution in [1.29, 1.82) is 5.26 Å². The molecule has 0 saturated carbocycles. The Morgan fingerprint density at radius 3 is 2.60 bits per heavy atom. The molecule has 1 fully saturated rings. The normalized spacial score (nSPS) is 18.7. The molecule has 0 amide bonds. The van der Waals surface area contributed by atoms with E-state index in [0.29, 0.717) is 5.69 Å². The molecule has 1 heterocycles. The molecule has 0 spiro atoms. The highest BCUT2D eigenvalue weighted by molar-refractivity contribution is 8.00. The molecule has 1 aromatic carbocycles. The van der Waals surface area contributed by atoms with Crippen molar-refractivity contribution in [3.05, 3.63) is 29.3 Å². The van der Waals surface area contributed by atoms with Crippen molar-refractivity contribution in [1.82, 2.24) is 0 Å². The third-order valence-corrected chi connectivity index (χ3v) is 4.51.